The largest absolute Gasteiger partial charge is 0.497 e. The second-order valence-electron chi connectivity index (χ2n) is 4.51. The average molecular weight is 251 g/mol. The van der Waals surface area contributed by atoms with Crippen LogP contribution in [0.25, 0.3) is 0 Å². The van der Waals surface area contributed by atoms with Gasteiger partial charge in [-0.25, -0.2) is 0 Å². The Morgan fingerprint density at radius 2 is 2.17 bits per heavy atom. The van der Waals surface area contributed by atoms with E-state index in [2.05, 4.69) is 5.32 Å². The van der Waals surface area contributed by atoms with Crippen molar-refractivity contribution in [3.8, 4) is 11.5 Å². The summed E-state index contributed by atoms with van der Waals surface area (Å²) in [7, 11) is 5.33. The van der Waals surface area contributed by atoms with Crippen molar-refractivity contribution >= 4 is 0 Å². The number of ether oxygens (including phenoxy) is 3. The first-order valence-electron chi connectivity index (χ1n) is 6.28. The first kappa shape index (κ1) is 13.2. The summed E-state index contributed by atoms with van der Waals surface area (Å²) in [5.41, 5.74) is 1.08. The van der Waals surface area contributed by atoms with Crippen molar-refractivity contribution in [3.05, 3.63) is 23.8 Å². The van der Waals surface area contributed by atoms with Gasteiger partial charge in [-0.1, -0.05) is 0 Å². The molecule has 1 aliphatic rings. The van der Waals surface area contributed by atoms with E-state index in [1.54, 1.807) is 14.2 Å². The van der Waals surface area contributed by atoms with E-state index < -0.39 is 0 Å². The summed E-state index contributed by atoms with van der Waals surface area (Å²) in [6, 6.07) is 5.86. The van der Waals surface area contributed by atoms with Crippen molar-refractivity contribution in [2.45, 2.75) is 12.5 Å². The highest BCUT2D eigenvalue weighted by atomic mass is 16.5. The summed E-state index contributed by atoms with van der Waals surface area (Å²) in [5.74, 6) is 2.18. The van der Waals surface area contributed by atoms with Crippen LogP contribution in [0.15, 0.2) is 18.2 Å². The van der Waals surface area contributed by atoms with E-state index in [9.17, 15) is 0 Å². The highest BCUT2D eigenvalue weighted by molar-refractivity contribution is 5.42. The lowest BCUT2D eigenvalue weighted by molar-refractivity contribution is 0.0885. The number of rotatable bonds is 5. The quantitative estimate of drug-likeness (QED) is 0.869. The van der Waals surface area contributed by atoms with E-state index in [0.717, 1.165) is 36.6 Å². The Kier molecular flexibility index (Phi) is 4.44. The molecule has 1 saturated heterocycles. The van der Waals surface area contributed by atoms with Gasteiger partial charge in [0, 0.05) is 24.6 Å². The van der Waals surface area contributed by atoms with E-state index in [0.29, 0.717) is 5.92 Å². The van der Waals surface area contributed by atoms with Gasteiger partial charge in [-0.3, -0.25) is 0 Å². The molecule has 0 spiro atoms. The van der Waals surface area contributed by atoms with Gasteiger partial charge in [-0.15, -0.1) is 0 Å². The summed E-state index contributed by atoms with van der Waals surface area (Å²) in [6.45, 7) is 1.75. The Hall–Kier alpha value is -1.26. The maximum absolute atomic E-state index is 5.87. The number of benzene rings is 1. The van der Waals surface area contributed by atoms with E-state index in [1.165, 1.54) is 0 Å². The van der Waals surface area contributed by atoms with Gasteiger partial charge < -0.3 is 19.5 Å². The molecule has 0 aromatic heterocycles. The van der Waals surface area contributed by atoms with Crippen LogP contribution in [0, 0.1) is 5.92 Å². The monoisotopic (exact) mass is 251 g/mol. The van der Waals surface area contributed by atoms with Gasteiger partial charge in [0.15, 0.2) is 0 Å². The third kappa shape index (κ3) is 2.60. The molecule has 0 amide bonds. The van der Waals surface area contributed by atoms with Gasteiger partial charge >= 0.3 is 0 Å². The topological polar surface area (TPSA) is 39.7 Å². The van der Waals surface area contributed by atoms with Crippen molar-refractivity contribution in [1.82, 2.24) is 5.32 Å². The number of hydrogen-bond acceptors (Lipinski definition) is 4. The maximum atomic E-state index is 5.87. The second kappa shape index (κ2) is 6.07. The fourth-order valence-electron chi connectivity index (χ4n) is 2.51. The highest BCUT2D eigenvalue weighted by Gasteiger charge is 2.31. The maximum Gasteiger partial charge on any atom is 0.124 e. The molecular formula is C14H21NO3. The summed E-state index contributed by atoms with van der Waals surface area (Å²) < 4.78 is 16.6. The molecule has 2 unspecified atom stereocenters. The Balaban J connectivity index is 2.29. The first-order valence-corrected chi connectivity index (χ1v) is 6.28. The Morgan fingerprint density at radius 3 is 2.83 bits per heavy atom. The van der Waals surface area contributed by atoms with Crippen LogP contribution in [0.2, 0.25) is 0 Å². The second-order valence-corrected chi connectivity index (χ2v) is 4.51. The lowest BCUT2D eigenvalue weighted by Gasteiger charge is -2.21. The minimum Gasteiger partial charge on any atom is -0.497 e. The van der Waals surface area contributed by atoms with Gasteiger partial charge in [-0.2, -0.15) is 0 Å². The van der Waals surface area contributed by atoms with E-state index in [4.69, 9.17) is 14.2 Å². The molecule has 1 aromatic carbocycles. The molecule has 0 saturated carbocycles. The van der Waals surface area contributed by atoms with Crippen LogP contribution in [0.3, 0.4) is 0 Å². The SMILES string of the molecule is CNCC1CCOC1c1cc(OC)ccc1OC. The molecular weight excluding hydrogens is 230 g/mol. The number of hydrogen-bond donors (Lipinski definition) is 1. The average Bonchev–Trinajstić information content (AvgIpc) is 2.86. The Morgan fingerprint density at radius 1 is 1.33 bits per heavy atom. The van der Waals surface area contributed by atoms with Gasteiger partial charge in [-0.05, 0) is 31.7 Å². The molecule has 0 bridgehead atoms. The van der Waals surface area contributed by atoms with Crippen LogP contribution >= 0.6 is 0 Å². The Labute approximate surface area is 108 Å². The number of methoxy groups -OCH3 is 2. The molecule has 4 heteroatoms. The van der Waals surface area contributed by atoms with Gasteiger partial charge in [0.1, 0.15) is 11.5 Å². The number of nitrogens with one attached hydrogen (secondary N) is 1. The van der Waals surface area contributed by atoms with Gasteiger partial charge in [0.2, 0.25) is 0 Å². The third-order valence-electron chi connectivity index (χ3n) is 3.42. The third-order valence-corrected chi connectivity index (χ3v) is 3.42. The molecule has 1 fully saturated rings. The molecule has 0 aliphatic carbocycles. The van der Waals surface area contributed by atoms with Crippen LogP contribution in [0.1, 0.15) is 18.1 Å². The van der Waals surface area contributed by atoms with Crippen molar-refractivity contribution in [3.63, 3.8) is 0 Å². The van der Waals surface area contributed by atoms with Crippen molar-refractivity contribution in [2.24, 2.45) is 5.92 Å². The van der Waals surface area contributed by atoms with E-state index in [-0.39, 0.29) is 6.10 Å². The zero-order valence-electron chi connectivity index (χ0n) is 11.2. The van der Waals surface area contributed by atoms with Gasteiger partial charge in [0.25, 0.3) is 0 Å². The summed E-state index contributed by atoms with van der Waals surface area (Å²) in [4.78, 5) is 0. The molecule has 1 N–H and O–H groups in total. The molecule has 0 radical (unpaired) electrons. The molecule has 1 heterocycles. The van der Waals surface area contributed by atoms with Crippen molar-refractivity contribution in [1.29, 1.82) is 0 Å². The summed E-state index contributed by atoms with van der Waals surface area (Å²) in [6.07, 6.45) is 1.16. The molecule has 1 aromatic rings. The minimum atomic E-state index is 0.0856. The van der Waals surface area contributed by atoms with Crippen molar-refractivity contribution < 1.29 is 14.2 Å². The molecule has 100 valence electrons. The molecule has 2 atom stereocenters. The van der Waals surface area contributed by atoms with Crippen molar-refractivity contribution in [2.75, 3.05) is 34.4 Å². The molecule has 4 nitrogen and oxygen atoms in total. The fraction of sp³-hybridized carbons (Fsp3) is 0.571. The zero-order chi connectivity index (χ0) is 13.0. The molecule has 2 rings (SSSR count). The first-order chi connectivity index (χ1) is 8.80. The van der Waals surface area contributed by atoms with E-state index >= 15 is 0 Å². The lowest BCUT2D eigenvalue weighted by Crippen LogP contribution is -2.21. The summed E-state index contributed by atoms with van der Waals surface area (Å²) >= 11 is 0. The smallest absolute Gasteiger partial charge is 0.124 e. The standard InChI is InChI=1S/C14H21NO3/c1-15-9-10-6-7-18-14(10)12-8-11(16-2)4-5-13(12)17-3/h4-5,8,10,14-15H,6-7,9H2,1-3H3. The molecule has 18 heavy (non-hydrogen) atoms. The zero-order valence-corrected chi connectivity index (χ0v) is 11.2. The Bertz CT molecular complexity index is 395. The minimum absolute atomic E-state index is 0.0856. The van der Waals surface area contributed by atoms with Gasteiger partial charge in [0.05, 0.1) is 20.3 Å². The van der Waals surface area contributed by atoms with Crippen LogP contribution in [0.4, 0.5) is 0 Å². The predicted octanol–water partition coefficient (Wildman–Crippen LogP) is 2.00. The predicted molar refractivity (Wildman–Crippen MR) is 70.3 cm³/mol. The highest BCUT2D eigenvalue weighted by Crippen LogP contribution is 2.40. The lowest BCUT2D eigenvalue weighted by atomic mass is 9.94. The fourth-order valence-corrected chi connectivity index (χ4v) is 2.51. The van der Waals surface area contributed by atoms with Crippen LogP contribution < -0.4 is 14.8 Å². The van der Waals surface area contributed by atoms with Crippen LogP contribution in [-0.2, 0) is 4.74 Å². The summed E-state index contributed by atoms with van der Waals surface area (Å²) in [5, 5.41) is 3.22. The normalized spacial score (nSPS) is 23.1. The van der Waals surface area contributed by atoms with Crippen LogP contribution in [0.5, 0.6) is 11.5 Å². The van der Waals surface area contributed by atoms with Crippen LogP contribution in [-0.4, -0.2) is 34.4 Å². The molecule has 1 aliphatic heterocycles. The van der Waals surface area contributed by atoms with E-state index in [1.807, 2.05) is 25.2 Å².